The van der Waals surface area contributed by atoms with E-state index >= 15 is 0 Å². The smallest absolute Gasteiger partial charge is 0.349 e. The first kappa shape index (κ1) is 42.0. The number of H-pyrrole nitrogens is 1. The van der Waals surface area contributed by atoms with Crippen molar-refractivity contribution in [3.63, 3.8) is 0 Å². The lowest BCUT2D eigenvalue weighted by Gasteiger charge is -2.32. The summed E-state index contributed by atoms with van der Waals surface area (Å²) in [5.41, 5.74) is 12.3. The molecule has 290 valence electrons. The second kappa shape index (κ2) is 19.0. The van der Waals surface area contributed by atoms with E-state index < -0.39 is 29.7 Å². The standard InChI is InChI=1S/C37H45F3N10O3.ClH/c1-3-49(4-2)20-19-43-34(51)31-18-17-29(32(44-31)37(38,39)40)25-9-5-23(6-10-25)21-30(42)36(53)50(35(52)27-11-7-24(22-41)8-12-27)28-15-13-26(14-16-28)33-45-47-48-46-33;/h5-6,9-10,13-18,24,27,30H,3-4,7-8,11-12,19-22,41-42H2,1-2H3,(H,43,51)(H,45,46,47,48);1H/t24?,27?,30-;/m0./s1. The second-order valence-electron chi connectivity index (χ2n) is 13.1. The molecule has 4 aromatic rings. The van der Waals surface area contributed by atoms with Crippen LogP contribution in [0.3, 0.4) is 0 Å². The second-order valence-corrected chi connectivity index (χ2v) is 13.1. The molecule has 0 saturated heterocycles. The Morgan fingerprint density at radius 2 is 1.59 bits per heavy atom. The number of pyridine rings is 1. The number of aromatic amines is 1. The topological polar surface area (TPSA) is 189 Å². The fourth-order valence-corrected chi connectivity index (χ4v) is 6.55. The summed E-state index contributed by atoms with van der Waals surface area (Å²) < 4.78 is 42.6. The van der Waals surface area contributed by atoms with Crippen LogP contribution in [0.2, 0.25) is 0 Å². The van der Waals surface area contributed by atoms with Gasteiger partial charge in [-0.2, -0.15) is 18.4 Å². The molecular weight excluding hydrogens is 725 g/mol. The van der Waals surface area contributed by atoms with E-state index in [0.29, 0.717) is 54.5 Å². The zero-order valence-corrected chi connectivity index (χ0v) is 31.0. The SMILES string of the molecule is CCN(CC)CCNC(=O)c1ccc(-c2ccc(C[C@H](N)C(=O)N(C(=O)C3CCC(CN)CC3)c3ccc(-c4nn[nH]n4)cc3)cc2)c(C(F)(F)F)n1.Cl. The minimum Gasteiger partial charge on any atom is -0.349 e. The number of amides is 3. The highest BCUT2D eigenvalue weighted by Gasteiger charge is 2.37. The number of benzene rings is 2. The van der Waals surface area contributed by atoms with Crippen LogP contribution in [-0.2, 0) is 22.2 Å². The molecule has 0 spiro atoms. The van der Waals surface area contributed by atoms with Crippen molar-refractivity contribution in [2.75, 3.05) is 37.6 Å². The Morgan fingerprint density at radius 3 is 2.17 bits per heavy atom. The van der Waals surface area contributed by atoms with Gasteiger partial charge in [0.25, 0.3) is 11.8 Å². The summed E-state index contributed by atoms with van der Waals surface area (Å²) in [6, 6.07) is 14.1. The van der Waals surface area contributed by atoms with Crippen LogP contribution in [-0.4, -0.2) is 87.0 Å². The van der Waals surface area contributed by atoms with Gasteiger partial charge in [0.1, 0.15) is 5.69 Å². The third-order valence-electron chi connectivity index (χ3n) is 9.74. The number of imide groups is 1. The van der Waals surface area contributed by atoms with E-state index in [1.165, 1.54) is 24.3 Å². The van der Waals surface area contributed by atoms with Gasteiger partial charge in [-0.15, -0.1) is 22.6 Å². The van der Waals surface area contributed by atoms with Gasteiger partial charge in [-0.25, -0.2) is 9.88 Å². The molecule has 0 bridgehead atoms. The van der Waals surface area contributed by atoms with Crippen molar-refractivity contribution in [2.45, 2.75) is 58.2 Å². The van der Waals surface area contributed by atoms with Crippen LogP contribution >= 0.6 is 12.4 Å². The first-order chi connectivity index (χ1) is 25.4. The number of nitrogens with zero attached hydrogens (tertiary/aromatic N) is 6. The summed E-state index contributed by atoms with van der Waals surface area (Å²) in [5, 5.41) is 16.5. The molecule has 2 aromatic heterocycles. The molecule has 1 saturated carbocycles. The van der Waals surface area contributed by atoms with Crippen molar-refractivity contribution >= 4 is 35.8 Å². The van der Waals surface area contributed by atoms with Crippen LogP contribution in [0, 0.1) is 11.8 Å². The first-order valence-corrected chi connectivity index (χ1v) is 17.8. The van der Waals surface area contributed by atoms with Crippen molar-refractivity contribution in [2.24, 2.45) is 23.3 Å². The van der Waals surface area contributed by atoms with Crippen molar-refractivity contribution in [3.8, 4) is 22.5 Å². The molecule has 1 aliphatic rings. The summed E-state index contributed by atoms with van der Waals surface area (Å²) in [6.07, 6.45) is -2.06. The minimum absolute atomic E-state index is 0. The number of likely N-dealkylation sites (N-methyl/N-ethyl adjacent to an activating group) is 1. The monoisotopic (exact) mass is 770 g/mol. The quantitative estimate of drug-likeness (QED) is 0.141. The lowest BCUT2D eigenvalue weighted by atomic mass is 9.81. The molecule has 1 aliphatic carbocycles. The third-order valence-corrected chi connectivity index (χ3v) is 9.74. The largest absolute Gasteiger partial charge is 0.433 e. The summed E-state index contributed by atoms with van der Waals surface area (Å²) >= 11 is 0. The molecular formula is C37H46ClF3N10O3. The van der Waals surface area contributed by atoms with Crippen LogP contribution in [0.25, 0.3) is 22.5 Å². The normalized spacial score (nSPS) is 16.4. The average Bonchev–Trinajstić information content (AvgIpc) is 3.72. The van der Waals surface area contributed by atoms with Crippen molar-refractivity contribution in [3.05, 3.63) is 77.6 Å². The van der Waals surface area contributed by atoms with Crippen LogP contribution in [0.5, 0.6) is 0 Å². The average molecular weight is 771 g/mol. The highest BCUT2D eigenvalue weighted by molar-refractivity contribution is 6.17. The van der Waals surface area contributed by atoms with E-state index in [4.69, 9.17) is 11.5 Å². The lowest BCUT2D eigenvalue weighted by molar-refractivity contribution is -0.140. The summed E-state index contributed by atoms with van der Waals surface area (Å²) in [6.45, 7) is 6.90. The predicted octanol–water partition coefficient (Wildman–Crippen LogP) is 4.64. The number of rotatable bonds is 14. The highest BCUT2D eigenvalue weighted by Crippen LogP contribution is 2.36. The predicted molar refractivity (Wildman–Crippen MR) is 200 cm³/mol. The number of tetrazole rings is 1. The van der Waals surface area contributed by atoms with Crippen LogP contribution in [0.4, 0.5) is 18.9 Å². The van der Waals surface area contributed by atoms with Gasteiger partial charge in [-0.3, -0.25) is 14.4 Å². The molecule has 1 atom stereocenters. The number of hydrogen-bond acceptors (Lipinski definition) is 10. The maximum atomic E-state index is 14.2. The van der Waals surface area contributed by atoms with Gasteiger partial charge in [-0.05, 0) is 110 Å². The number of halogens is 4. The van der Waals surface area contributed by atoms with E-state index in [1.807, 2.05) is 13.8 Å². The van der Waals surface area contributed by atoms with E-state index in [-0.39, 0.29) is 54.0 Å². The van der Waals surface area contributed by atoms with Gasteiger partial charge in [0.15, 0.2) is 5.69 Å². The lowest BCUT2D eigenvalue weighted by Crippen LogP contribution is -2.50. The molecule has 2 aromatic carbocycles. The number of alkyl halides is 3. The highest BCUT2D eigenvalue weighted by atomic mass is 35.5. The van der Waals surface area contributed by atoms with Gasteiger partial charge in [-0.1, -0.05) is 38.1 Å². The molecule has 0 unspecified atom stereocenters. The Morgan fingerprint density at radius 1 is 0.944 bits per heavy atom. The number of anilines is 1. The summed E-state index contributed by atoms with van der Waals surface area (Å²) in [4.78, 5) is 47.5. The fraction of sp³-hybridized carbons (Fsp3) is 0.432. The number of carbonyl (C=O) groups excluding carboxylic acids is 3. The molecule has 1 fully saturated rings. The number of hydrogen-bond donors (Lipinski definition) is 4. The van der Waals surface area contributed by atoms with Crippen LogP contribution in [0.15, 0.2) is 60.7 Å². The van der Waals surface area contributed by atoms with Gasteiger partial charge < -0.3 is 21.7 Å². The Bertz CT molecular complexity index is 1830. The van der Waals surface area contributed by atoms with Crippen molar-refractivity contribution < 1.29 is 27.6 Å². The van der Waals surface area contributed by atoms with Crippen molar-refractivity contribution in [1.29, 1.82) is 0 Å². The number of aromatic nitrogens is 5. The van der Waals surface area contributed by atoms with E-state index in [9.17, 15) is 27.6 Å². The van der Waals surface area contributed by atoms with Gasteiger partial charge in [0, 0.05) is 30.1 Å². The number of carbonyl (C=O) groups is 3. The summed E-state index contributed by atoms with van der Waals surface area (Å²) in [5.74, 6) is -1.36. The van der Waals surface area contributed by atoms with Crippen LogP contribution < -0.4 is 21.7 Å². The van der Waals surface area contributed by atoms with E-state index in [2.05, 4.69) is 35.8 Å². The molecule has 0 radical (unpaired) electrons. The molecule has 17 heteroatoms. The molecule has 0 aliphatic heterocycles. The molecule has 5 rings (SSSR count). The molecule has 3 amide bonds. The molecule has 6 N–H and O–H groups in total. The Kier molecular flexibility index (Phi) is 14.8. The number of nitrogens with one attached hydrogen (secondary N) is 2. The molecule has 13 nitrogen and oxygen atoms in total. The Balaban J connectivity index is 0.00000650. The van der Waals surface area contributed by atoms with Gasteiger partial charge in [0.2, 0.25) is 11.7 Å². The Labute approximate surface area is 317 Å². The zero-order chi connectivity index (χ0) is 38.1. The third kappa shape index (κ3) is 10.3. The van der Waals surface area contributed by atoms with Crippen LogP contribution in [0.1, 0.15) is 61.3 Å². The Hall–Kier alpha value is -4.77. The first-order valence-electron chi connectivity index (χ1n) is 17.8. The molecule has 54 heavy (non-hydrogen) atoms. The maximum absolute atomic E-state index is 14.2. The van der Waals surface area contributed by atoms with Gasteiger partial charge in [0.05, 0.1) is 11.7 Å². The molecule has 2 heterocycles. The van der Waals surface area contributed by atoms with Crippen molar-refractivity contribution in [1.82, 2.24) is 35.8 Å². The fourth-order valence-electron chi connectivity index (χ4n) is 6.55. The maximum Gasteiger partial charge on any atom is 0.433 e. The van der Waals surface area contributed by atoms with E-state index in [0.717, 1.165) is 30.8 Å². The minimum atomic E-state index is -4.83. The number of nitrogens with two attached hydrogens (primary N) is 2. The van der Waals surface area contributed by atoms with Gasteiger partial charge >= 0.3 is 6.18 Å². The summed E-state index contributed by atoms with van der Waals surface area (Å²) in [7, 11) is 0. The van der Waals surface area contributed by atoms with E-state index in [1.54, 1.807) is 36.4 Å². The zero-order valence-electron chi connectivity index (χ0n) is 30.2.